The number of hydrogen-bond acceptors (Lipinski definition) is 3. The van der Waals surface area contributed by atoms with Crippen molar-refractivity contribution in [2.45, 2.75) is 50.7 Å². The Labute approximate surface area is 126 Å². The SMILES string of the molecule is COc1ccc(CN2C(=O)CCCC[C@@H]3NCC[C@H]32)cc1. The summed E-state index contributed by atoms with van der Waals surface area (Å²) < 4.78 is 5.20. The first-order valence-electron chi connectivity index (χ1n) is 7.94. The van der Waals surface area contributed by atoms with Crippen LogP contribution < -0.4 is 10.1 Å². The molecule has 0 saturated carbocycles. The van der Waals surface area contributed by atoms with Crippen molar-refractivity contribution in [1.29, 1.82) is 0 Å². The smallest absolute Gasteiger partial charge is 0.223 e. The van der Waals surface area contributed by atoms with E-state index in [1.807, 2.05) is 12.1 Å². The summed E-state index contributed by atoms with van der Waals surface area (Å²) in [5, 5.41) is 3.57. The lowest BCUT2D eigenvalue weighted by Crippen LogP contribution is -2.47. The number of benzene rings is 1. The molecule has 2 atom stereocenters. The van der Waals surface area contributed by atoms with E-state index < -0.39 is 0 Å². The molecule has 0 aromatic heterocycles. The molecule has 2 heterocycles. The third-order valence-electron chi connectivity index (χ3n) is 4.70. The first-order chi connectivity index (χ1) is 10.3. The zero-order chi connectivity index (χ0) is 14.7. The van der Waals surface area contributed by atoms with Crippen LogP contribution in [-0.2, 0) is 11.3 Å². The molecule has 114 valence electrons. The molecule has 1 N–H and O–H groups in total. The maximum atomic E-state index is 12.5. The van der Waals surface area contributed by atoms with Gasteiger partial charge in [-0.05, 0) is 43.5 Å². The van der Waals surface area contributed by atoms with Crippen molar-refractivity contribution in [2.75, 3.05) is 13.7 Å². The molecule has 0 spiro atoms. The second kappa shape index (κ2) is 6.48. The van der Waals surface area contributed by atoms with E-state index in [1.54, 1.807) is 7.11 Å². The summed E-state index contributed by atoms with van der Waals surface area (Å²) in [6.45, 7) is 1.74. The second-order valence-electron chi connectivity index (χ2n) is 6.03. The summed E-state index contributed by atoms with van der Waals surface area (Å²) in [5.41, 5.74) is 1.18. The molecule has 2 aliphatic rings. The Morgan fingerprint density at radius 2 is 2.05 bits per heavy atom. The lowest BCUT2D eigenvalue weighted by molar-refractivity contribution is -0.135. The number of carbonyl (C=O) groups excluding carboxylic acids is 1. The minimum absolute atomic E-state index is 0.309. The summed E-state index contributed by atoms with van der Waals surface area (Å²) in [6, 6.07) is 8.89. The predicted octanol–water partition coefficient (Wildman–Crippen LogP) is 2.33. The summed E-state index contributed by atoms with van der Waals surface area (Å²) in [7, 11) is 1.67. The van der Waals surface area contributed by atoms with Crippen molar-refractivity contribution in [3.63, 3.8) is 0 Å². The van der Waals surface area contributed by atoms with Crippen LogP contribution in [0.1, 0.15) is 37.7 Å². The average Bonchev–Trinajstić information content (AvgIpc) is 2.96. The van der Waals surface area contributed by atoms with Crippen LogP contribution in [0, 0.1) is 0 Å². The van der Waals surface area contributed by atoms with Gasteiger partial charge in [-0.15, -0.1) is 0 Å². The van der Waals surface area contributed by atoms with E-state index in [2.05, 4.69) is 22.3 Å². The Morgan fingerprint density at radius 1 is 1.24 bits per heavy atom. The Kier molecular flexibility index (Phi) is 4.44. The van der Waals surface area contributed by atoms with Crippen LogP contribution in [0.25, 0.3) is 0 Å². The highest BCUT2D eigenvalue weighted by molar-refractivity contribution is 5.76. The van der Waals surface area contributed by atoms with Gasteiger partial charge in [0.1, 0.15) is 5.75 Å². The molecule has 0 aliphatic carbocycles. The number of carbonyl (C=O) groups is 1. The molecule has 1 aromatic rings. The number of nitrogens with one attached hydrogen (secondary N) is 1. The normalized spacial score (nSPS) is 26.1. The zero-order valence-corrected chi connectivity index (χ0v) is 12.7. The summed E-state index contributed by atoms with van der Waals surface area (Å²) in [5.74, 6) is 1.17. The molecule has 21 heavy (non-hydrogen) atoms. The van der Waals surface area contributed by atoms with Crippen LogP contribution in [-0.4, -0.2) is 36.5 Å². The molecular weight excluding hydrogens is 264 g/mol. The fourth-order valence-electron chi connectivity index (χ4n) is 3.52. The van der Waals surface area contributed by atoms with Gasteiger partial charge in [-0.1, -0.05) is 18.6 Å². The van der Waals surface area contributed by atoms with E-state index in [0.29, 0.717) is 31.0 Å². The molecule has 0 radical (unpaired) electrons. The molecule has 1 amide bonds. The van der Waals surface area contributed by atoms with Gasteiger partial charge in [0, 0.05) is 25.0 Å². The van der Waals surface area contributed by atoms with E-state index in [0.717, 1.165) is 31.6 Å². The maximum Gasteiger partial charge on any atom is 0.223 e. The largest absolute Gasteiger partial charge is 0.497 e. The first-order valence-corrected chi connectivity index (χ1v) is 7.94. The van der Waals surface area contributed by atoms with Gasteiger partial charge >= 0.3 is 0 Å². The van der Waals surface area contributed by atoms with Gasteiger partial charge in [-0.3, -0.25) is 4.79 Å². The zero-order valence-electron chi connectivity index (χ0n) is 12.7. The van der Waals surface area contributed by atoms with E-state index >= 15 is 0 Å². The highest BCUT2D eigenvalue weighted by Gasteiger charge is 2.35. The Bertz CT molecular complexity index is 486. The number of nitrogens with zero attached hydrogens (tertiary/aromatic N) is 1. The van der Waals surface area contributed by atoms with Gasteiger partial charge in [-0.2, -0.15) is 0 Å². The van der Waals surface area contributed by atoms with Crippen molar-refractivity contribution in [3.8, 4) is 5.75 Å². The van der Waals surface area contributed by atoms with Crippen LogP contribution in [0.3, 0.4) is 0 Å². The van der Waals surface area contributed by atoms with E-state index in [9.17, 15) is 4.79 Å². The third-order valence-corrected chi connectivity index (χ3v) is 4.70. The molecule has 2 saturated heterocycles. The molecular formula is C17H24N2O2. The van der Waals surface area contributed by atoms with Crippen molar-refractivity contribution < 1.29 is 9.53 Å². The molecule has 0 bridgehead atoms. The van der Waals surface area contributed by atoms with Gasteiger partial charge in [0.2, 0.25) is 5.91 Å². The number of amides is 1. The molecule has 4 heteroatoms. The second-order valence-corrected chi connectivity index (χ2v) is 6.03. The Balaban J connectivity index is 1.76. The lowest BCUT2D eigenvalue weighted by atomic mass is 9.97. The molecule has 1 aromatic carbocycles. The fourth-order valence-corrected chi connectivity index (χ4v) is 3.52. The fraction of sp³-hybridized carbons (Fsp3) is 0.588. The minimum Gasteiger partial charge on any atom is -0.497 e. The van der Waals surface area contributed by atoms with Gasteiger partial charge in [0.15, 0.2) is 0 Å². The molecule has 0 unspecified atom stereocenters. The Hall–Kier alpha value is -1.55. The summed E-state index contributed by atoms with van der Waals surface area (Å²) in [6.07, 6.45) is 5.14. The highest BCUT2D eigenvalue weighted by atomic mass is 16.5. The number of methoxy groups -OCH3 is 1. The van der Waals surface area contributed by atoms with E-state index in [1.165, 1.54) is 12.0 Å². The molecule has 2 aliphatic heterocycles. The summed E-state index contributed by atoms with van der Waals surface area (Å²) in [4.78, 5) is 14.6. The number of ether oxygens (including phenoxy) is 1. The standard InChI is InChI=1S/C17H24N2O2/c1-21-14-8-6-13(7-9-14)12-19-16-10-11-18-15(16)4-2-3-5-17(19)20/h6-9,15-16,18H,2-5,10-12H2,1H3/t15-,16+/m0/s1. The van der Waals surface area contributed by atoms with Crippen LogP contribution in [0.4, 0.5) is 0 Å². The van der Waals surface area contributed by atoms with E-state index in [-0.39, 0.29) is 0 Å². The van der Waals surface area contributed by atoms with E-state index in [4.69, 9.17) is 4.74 Å². The highest BCUT2D eigenvalue weighted by Crippen LogP contribution is 2.26. The quantitative estimate of drug-likeness (QED) is 0.928. The van der Waals surface area contributed by atoms with Crippen LogP contribution in [0.5, 0.6) is 5.75 Å². The van der Waals surface area contributed by atoms with Gasteiger partial charge in [-0.25, -0.2) is 0 Å². The van der Waals surface area contributed by atoms with Crippen molar-refractivity contribution >= 4 is 5.91 Å². The topological polar surface area (TPSA) is 41.6 Å². The van der Waals surface area contributed by atoms with Crippen molar-refractivity contribution in [1.82, 2.24) is 10.2 Å². The van der Waals surface area contributed by atoms with Crippen molar-refractivity contribution in [2.24, 2.45) is 0 Å². The van der Waals surface area contributed by atoms with Gasteiger partial charge in [0.05, 0.1) is 7.11 Å². The molecule has 4 nitrogen and oxygen atoms in total. The molecule has 2 fully saturated rings. The van der Waals surface area contributed by atoms with Crippen molar-refractivity contribution in [3.05, 3.63) is 29.8 Å². The predicted molar refractivity (Wildman–Crippen MR) is 82.2 cm³/mol. The first kappa shape index (κ1) is 14.4. The number of fused-ring (bicyclic) bond motifs is 1. The lowest BCUT2D eigenvalue weighted by Gasteiger charge is -2.35. The third kappa shape index (κ3) is 3.21. The van der Waals surface area contributed by atoms with Crippen LogP contribution in [0.15, 0.2) is 24.3 Å². The van der Waals surface area contributed by atoms with Gasteiger partial charge < -0.3 is 15.0 Å². The van der Waals surface area contributed by atoms with Gasteiger partial charge in [0.25, 0.3) is 0 Å². The monoisotopic (exact) mass is 288 g/mol. The summed E-state index contributed by atoms with van der Waals surface area (Å²) >= 11 is 0. The molecule has 3 rings (SSSR count). The van der Waals surface area contributed by atoms with Crippen LogP contribution >= 0.6 is 0 Å². The maximum absolute atomic E-state index is 12.5. The number of rotatable bonds is 3. The average molecular weight is 288 g/mol. The van der Waals surface area contributed by atoms with Crippen LogP contribution in [0.2, 0.25) is 0 Å². The number of likely N-dealkylation sites (tertiary alicyclic amines) is 1. The number of hydrogen-bond donors (Lipinski definition) is 1. The minimum atomic E-state index is 0.309. The Morgan fingerprint density at radius 3 is 2.81 bits per heavy atom.